The van der Waals surface area contributed by atoms with Crippen LogP contribution in [0.2, 0.25) is 0 Å². The van der Waals surface area contributed by atoms with Crippen molar-refractivity contribution >= 4 is 88.3 Å². The zero-order valence-electron chi connectivity index (χ0n) is 32.6. The van der Waals surface area contributed by atoms with Gasteiger partial charge >= 0.3 is 0 Å². The van der Waals surface area contributed by atoms with E-state index in [1.807, 2.05) is 12.1 Å². The molecule has 4 heterocycles. The molecule has 2 aliphatic rings. The van der Waals surface area contributed by atoms with E-state index in [1.54, 1.807) is 12.1 Å². The van der Waals surface area contributed by atoms with Crippen LogP contribution in [0.5, 0.6) is 0 Å². The first-order valence-electron chi connectivity index (χ1n) is 19.9. The second-order valence-corrected chi connectivity index (χ2v) is 18.4. The lowest BCUT2D eigenvalue weighted by atomic mass is 9.34. The second-order valence-electron chi connectivity index (χ2n) is 18.4. The number of nitrogens with zero attached hydrogens (tertiary/aromatic N) is 2. The van der Waals surface area contributed by atoms with E-state index in [-0.39, 0.29) is 23.4 Å². The van der Waals surface area contributed by atoms with Crippen molar-refractivity contribution in [3.63, 3.8) is 0 Å². The molecule has 12 rings (SSSR count). The number of fused-ring (bicyclic) bond motifs is 12. The van der Waals surface area contributed by atoms with E-state index < -0.39 is 0 Å². The summed E-state index contributed by atoms with van der Waals surface area (Å²) < 4.78 is 21.0. The summed E-state index contributed by atoms with van der Waals surface area (Å²) in [7, 11) is 0. The van der Waals surface area contributed by atoms with Gasteiger partial charge in [-0.1, -0.05) is 120 Å². The number of benzene rings is 8. The van der Waals surface area contributed by atoms with Gasteiger partial charge in [0.05, 0.1) is 11.0 Å². The summed E-state index contributed by atoms with van der Waals surface area (Å²) in [6.45, 7) is 14.0. The molecule has 2 nitrogen and oxygen atoms in total. The Hall–Kier alpha value is -6.13. The van der Waals surface area contributed by atoms with E-state index in [0.717, 1.165) is 16.9 Å². The summed E-state index contributed by atoms with van der Waals surface area (Å²) in [5.74, 6) is -0.213. The van der Waals surface area contributed by atoms with Crippen LogP contribution < -0.4 is 16.4 Å². The quantitative estimate of drug-likeness (QED) is 0.149. The highest BCUT2D eigenvalue weighted by molar-refractivity contribution is 7.00. The molecule has 0 saturated heterocycles. The van der Waals surface area contributed by atoms with Crippen LogP contribution in [0.4, 0.5) is 4.39 Å². The Morgan fingerprint density at radius 2 is 0.893 bits per heavy atom. The van der Waals surface area contributed by atoms with Gasteiger partial charge in [0, 0.05) is 49.5 Å². The van der Waals surface area contributed by atoms with Crippen molar-refractivity contribution in [2.45, 2.75) is 52.4 Å². The van der Waals surface area contributed by atoms with Crippen LogP contribution in [-0.4, -0.2) is 15.8 Å². The zero-order valence-corrected chi connectivity index (χ0v) is 32.6. The van der Waals surface area contributed by atoms with Crippen molar-refractivity contribution in [1.29, 1.82) is 0 Å². The number of rotatable bonds is 1. The Morgan fingerprint density at radius 1 is 0.464 bits per heavy atom. The standard InChI is InChI=1S/C52H40BFN2/c1-51(2,3)34-25-39-37-19-29-13-7-9-15-31(29)21-44(37)55-46-23-33(36-17-11-12-18-43(36)54)24-47-48(46)53(41(27-34)49(39)55)42-28-35(52(4,5)6)26-40-38-20-30-14-8-10-16-32(30)22-45(38)56(47)50(40)42/h7-28H,1-6H3. The molecule has 0 atom stereocenters. The lowest BCUT2D eigenvalue weighted by Gasteiger charge is -2.36. The lowest BCUT2D eigenvalue weighted by Crippen LogP contribution is -2.59. The van der Waals surface area contributed by atoms with E-state index >= 15 is 4.39 Å². The molecule has 0 saturated carbocycles. The number of hydrogen-bond donors (Lipinski definition) is 0. The Morgan fingerprint density at radius 3 is 1.34 bits per heavy atom. The van der Waals surface area contributed by atoms with Crippen LogP contribution in [-0.2, 0) is 10.8 Å². The predicted molar refractivity (Wildman–Crippen MR) is 238 cm³/mol. The third-order valence-corrected chi connectivity index (χ3v) is 13.0. The zero-order chi connectivity index (χ0) is 38.0. The molecule has 8 aromatic carbocycles. The van der Waals surface area contributed by atoms with Crippen LogP contribution in [0, 0.1) is 5.82 Å². The van der Waals surface area contributed by atoms with Gasteiger partial charge in [0.1, 0.15) is 5.82 Å². The highest BCUT2D eigenvalue weighted by Gasteiger charge is 2.42. The molecular formula is C52H40BFN2. The van der Waals surface area contributed by atoms with Gasteiger partial charge in [-0.05, 0) is 120 Å². The molecule has 4 heteroatoms. The van der Waals surface area contributed by atoms with Gasteiger partial charge in [-0.15, -0.1) is 0 Å². The van der Waals surface area contributed by atoms with Gasteiger partial charge in [0.25, 0.3) is 6.71 Å². The van der Waals surface area contributed by atoms with Crippen molar-refractivity contribution in [3.05, 3.63) is 150 Å². The largest absolute Gasteiger partial charge is 0.310 e. The average Bonchev–Trinajstić information content (AvgIpc) is 3.67. The van der Waals surface area contributed by atoms with Gasteiger partial charge in [-0.2, -0.15) is 0 Å². The van der Waals surface area contributed by atoms with Gasteiger partial charge in [-0.3, -0.25) is 0 Å². The highest BCUT2D eigenvalue weighted by atomic mass is 19.1. The Labute approximate surface area is 325 Å². The first kappa shape index (κ1) is 32.1. The molecule has 0 unspecified atom stereocenters. The predicted octanol–water partition coefficient (Wildman–Crippen LogP) is 11.7. The van der Waals surface area contributed by atoms with Crippen molar-refractivity contribution in [2.75, 3.05) is 0 Å². The summed E-state index contributed by atoms with van der Waals surface area (Å²) in [6, 6.07) is 48.6. The number of hydrogen-bond acceptors (Lipinski definition) is 0. The Kier molecular flexibility index (Phi) is 6.08. The summed E-state index contributed by atoms with van der Waals surface area (Å²) in [5, 5.41) is 9.94. The van der Waals surface area contributed by atoms with Crippen LogP contribution in [0.25, 0.3) is 87.7 Å². The minimum Gasteiger partial charge on any atom is -0.310 e. The van der Waals surface area contributed by atoms with Crippen LogP contribution in [0.15, 0.2) is 133 Å². The van der Waals surface area contributed by atoms with E-state index in [0.29, 0.717) is 5.56 Å². The summed E-state index contributed by atoms with van der Waals surface area (Å²) >= 11 is 0. The highest BCUT2D eigenvalue weighted by Crippen LogP contribution is 2.44. The Bertz CT molecular complexity index is 3200. The lowest BCUT2D eigenvalue weighted by molar-refractivity contribution is 0.591. The smallest absolute Gasteiger partial charge is 0.252 e. The molecule has 0 aliphatic carbocycles. The third kappa shape index (κ3) is 4.17. The van der Waals surface area contributed by atoms with Gasteiger partial charge < -0.3 is 9.13 Å². The minimum atomic E-state index is -0.213. The number of halogens is 1. The van der Waals surface area contributed by atoms with Crippen LogP contribution >= 0.6 is 0 Å². The topological polar surface area (TPSA) is 9.86 Å². The first-order valence-corrected chi connectivity index (χ1v) is 19.9. The molecule has 0 radical (unpaired) electrons. The monoisotopic (exact) mass is 722 g/mol. The fourth-order valence-electron chi connectivity index (χ4n) is 10.1. The normalized spacial score (nSPS) is 13.6. The van der Waals surface area contributed by atoms with Crippen LogP contribution in [0.3, 0.4) is 0 Å². The third-order valence-electron chi connectivity index (χ3n) is 13.0. The van der Waals surface area contributed by atoms with Gasteiger partial charge in [-0.25, -0.2) is 4.39 Å². The minimum absolute atomic E-state index is 0.0262. The molecule has 2 aliphatic heterocycles. The molecule has 0 bridgehead atoms. The fraction of sp³-hybridized carbons (Fsp3) is 0.154. The molecule has 0 spiro atoms. The molecule has 56 heavy (non-hydrogen) atoms. The van der Waals surface area contributed by atoms with E-state index in [2.05, 4.69) is 160 Å². The molecule has 0 fully saturated rings. The maximum atomic E-state index is 16.0. The summed E-state index contributed by atoms with van der Waals surface area (Å²) in [4.78, 5) is 0. The van der Waals surface area contributed by atoms with Crippen molar-refractivity contribution < 1.29 is 4.39 Å². The summed E-state index contributed by atoms with van der Waals surface area (Å²) in [6.07, 6.45) is 0. The fourth-order valence-corrected chi connectivity index (χ4v) is 10.1. The van der Waals surface area contributed by atoms with Crippen molar-refractivity contribution in [3.8, 4) is 22.5 Å². The molecular weight excluding hydrogens is 682 g/mol. The maximum absolute atomic E-state index is 16.0. The van der Waals surface area contributed by atoms with E-state index in [4.69, 9.17) is 0 Å². The van der Waals surface area contributed by atoms with Gasteiger partial charge in [0.15, 0.2) is 0 Å². The first-order chi connectivity index (χ1) is 26.9. The van der Waals surface area contributed by atoms with E-state index in [1.165, 1.54) is 92.7 Å². The Balaban J connectivity index is 1.35. The molecule has 0 N–H and O–H groups in total. The summed E-state index contributed by atoms with van der Waals surface area (Å²) in [5.41, 5.74) is 15.1. The molecule has 10 aromatic rings. The SMILES string of the molecule is CC(C)(C)c1cc2c3c(c1)c1cc4ccccc4cc1n3-c1cc(-c3ccccc3F)cc3c1B2c1cc(C(C)(C)C)cc2c4cc5ccccc5cc4n-3c12. The second kappa shape index (κ2) is 10.6. The van der Waals surface area contributed by atoms with Gasteiger partial charge in [0.2, 0.25) is 0 Å². The molecule has 0 amide bonds. The molecule has 268 valence electrons. The van der Waals surface area contributed by atoms with Crippen molar-refractivity contribution in [1.82, 2.24) is 9.13 Å². The van der Waals surface area contributed by atoms with Crippen molar-refractivity contribution in [2.24, 2.45) is 0 Å². The average molecular weight is 723 g/mol. The molecule has 2 aromatic heterocycles. The number of aromatic nitrogens is 2. The maximum Gasteiger partial charge on any atom is 0.252 e. The van der Waals surface area contributed by atoms with E-state index in [9.17, 15) is 0 Å². The van der Waals surface area contributed by atoms with Crippen LogP contribution in [0.1, 0.15) is 52.7 Å².